The van der Waals surface area contributed by atoms with E-state index in [1.54, 1.807) is 48.5 Å². The molecule has 4 N–H and O–H groups in total. The van der Waals surface area contributed by atoms with E-state index < -0.39 is 32.1 Å². The van der Waals surface area contributed by atoms with E-state index in [2.05, 4.69) is 10.6 Å². The Kier molecular flexibility index (Phi) is 9.65. The maximum atomic E-state index is 12.5. The Hall–Kier alpha value is -4.10. The molecule has 224 valence electrons. The van der Waals surface area contributed by atoms with Crippen LogP contribution in [0.4, 0.5) is 21.0 Å². The second-order valence-electron chi connectivity index (χ2n) is 9.55. The zero-order valence-corrected chi connectivity index (χ0v) is 26.0. The lowest BCUT2D eigenvalue weighted by atomic mass is 10.0. The molecule has 10 nitrogen and oxygen atoms in total. The van der Waals surface area contributed by atoms with Gasteiger partial charge >= 0.3 is 12.1 Å². The van der Waals surface area contributed by atoms with Crippen LogP contribution >= 0.6 is 23.2 Å². The van der Waals surface area contributed by atoms with Crippen LogP contribution in [0.5, 0.6) is 0 Å². The second-order valence-corrected chi connectivity index (χ2v) is 13.7. The van der Waals surface area contributed by atoms with E-state index in [0.717, 1.165) is 22.3 Å². The molecule has 4 rings (SSSR count). The van der Waals surface area contributed by atoms with Crippen molar-refractivity contribution in [2.75, 3.05) is 10.6 Å². The fourth-order valence-electron chi connectivity index (χ4n) is 3.87. The molecule has 14 heteroatoms. The van der Waals surface area contributed by atoms with Gasteiger partial charge in [0.2, 0.25) is 0 Å². The molecule has 0 atom stereocenters. The Balaban J connectivity index is 1.36. The van der Waals surface area contributed by atoms with E-state index in [0.29, 0.717) is 6.42 Å². The second kappa shape index (κ2) is 13.0. The summed E-state index contributed by atoms with van der Waals surface area (Å²) in [6.45, 7) is 3.63. The summed E-state index contributed by atoms with van der Waals surface area (Å²) in [5.41, 5.74) is 3.65. The molecule has 4 aromatic rings. The molecule has 0 aliphatic rings. The van der Waals surface area contributed by atoms with Crippen LogP contribution < -0.4 is 20.1 Å². The topological polar surface area (TPSA) is 151 Å². The van der Waals surface area contributed by atoms with E-state index in [4.69, 9.17) is 23.2 Å². The standard InChI is InChI=1S/C29H26Cl2N4O6S2/c1-18-3-9-22(10-4-18)42(38,39)34-28(36)32-26-13-7-20(16-24(26)30)15-21-8-14-27(25(31)17-21)33-29(37)35-43(40,41)23-11-5-19(2)6-12-23/h3-14,16-17H,15H2,1-2H3,(H2,32,34,36)(H2,33,35,37). The van der Waals surface area contributed by atoms with Gasteiger partial charge in [0.05, 0.1) is 31.2 Å². The minimum absolute atomic E-state index is 0.0533. The molecular weight excluding hydrogens is 635 g/mol. The third-order valence-corrected chi connectivity index (χ3v) is 9.41. The number of nitrogens with one attached hydrogen (secondary N) is 4. The molecule has 0 aromatic heterocycles. The molecule has 0 bridgehead atoms. The number of amides is 4. The van der Waals surface area contributed by atoms with Crippen LogP contribution in [0.15, 0.2) is 94.7 Å². The summed E-state index contributed by atoms with van der Waals surface area (Å²) in [5.74, 6) is 0. The fraction of sp³-hybridized carbons (Fsp3) is 0.103. The molecule has 0 aliphatic heterocycles. The Morgan fingerprint density at radius 2 is 0.930 bits per heavy atom. The van der Waals surface area contributed by atoms with Crippen molar-refractivity contribution in [3.63, 3.8) is 0 Å². The number of halogens is 2. The van der Waals surface area contributed by atoms with Gasteiger partial charge in [0.1, 0.15) is 0 Å². The van der Waals surface area contributed by atoms with Gasteiger partial charge in [-0.1, -0.05) is 70.7 Å². The summed E-state index contributed by atoms with van der Waals surface area (Å²) >= 11 is 12.7. The predicted octanol–water partition coefficient (Wildman–Crippen LogP) is 6.22. The van der Waals surface area contributed by atoms with Crippen molar-refractivity contribution in [1.82, 2.24) is 9.44 Å². The highest BCUT2D eigenvalue weighted by atomic mass is 35.5. The van der Waals surface area contributed by atoms with Crippen LogP contribution in [0.2, 0.25) is 10.0 Å². The summed E-state index contributed by atoms with van der Waals surface area (Å²) in [6, 6.07) is 19.8. The van der Waals surface area contributed by atoms with Crippen molar-refractivity contribution < 1.29 is 26.4 Å². The van der Waals surface area contributed by atoms with E-state index >= 15 is 0 Å². The van der Waals surface area contributed by atoms with Gasteiger partial charge in [-0.3, -0.25) is 0 Å². The van der Waals surface area contributed by atoms with Crippen LogP contribution in [-0.2, 0) is 26.5 Å². The minimum atomic E-state index is -4.07. The molecule has 0 saturated carbocycles. The normalized spacial score (nSPS) is 11.4. The first-order valence-electron chi connectivity index (χ1n) is 12.6. The number of carbonyl (C=O) groups excluding carboxylic acids is 2. The van der Waals surface area contributed by atoms with Crippen molar-refractivity contribution >= 4 is 66.7 Å². The Labute approximate surface area is 259 Å². The monoisotopic (exact) mass is 660 g/mol. The largest absolute Gasteiger partial charge is 0.333 e. The molecule has 4 aromatic carbocycles. The average molecular weight is 662 g/mol. The Morgan fingerprint density at radius 1 is 0.581 bits per heavy atom. The predicted molar refractivity (Wildman–Crippen MR) is 167 cm³/mol. The highest BCUT2D eigenvalue weighted by molar-refractivity contribution is 7.90. The Bertz CT molecular complexity index is 1760. The van der Waals surface area contributed by atoms with E-state index in [9.17, 15) is 26.4 Å². The van der Waals surface area contributed by atoms with Crippen LogP contribution in [0.1, 0.15) is 22.3 Å². The number of rotatable bonds is 8. The molecule has 0 heterocycles. The van der Waals surface area contributed by atoms with Crippen molar-refractivity contribution in [1.29, 1.82) is 0 Å². The maximum Gasteiger partial charge on any atom is 0.333 e. The number of hydrogen-bond donors (Lipinski definition) is 4. The van der Waals surface area contributed by atoms with Crippen molar-refractivity contribution in [3.8, 4) is 0 Å². The molecule has 43 heavy (non-hydrogen) atoms. The number of benzene rings is 4. The van der Waals surface area contributed by atoms with E-state index in [1.165, 1.54) is 36.4 Å². The van der Waals surface area contributed by atoms with Gasteiger partial charge in [-0.05, 0) is 79.9 Å². The number of hydrogen-bond acceptors (Lipinski definition) is 6. The first-order chi connectivity index (χ1) is 20.2. The first-order valence-corrected chi connectivity index (χ1v) is 16.3. The summed E-state index contributed by atoms with van der Waals surface area (Å²) < 4.78 is 53.7. The van der Waals surface area contributed by atoms with Crippen LogP contribution in [0.25, 0.3) is 0 Å². The lowest BCUT2D eigenvalue weighted by Gasteiger charge is -2.12. The summed E-state index contributed by atoms with van der Waals surface area (Å²) in [6.07, 6.45) is 0.377. The lowest BCUT2D eigenvalue weighted by molar-refractivity contribution is 0.255. The molecule has 0 radical (unpaired) electrons. The number of sulfonamides is 2. The third-order valence-electron chi connectivity index (χ3n) is 6.09. The lowest BCUT2D eigenvalue weighted by Crippen LogP contribution is -2.34. The zero-order valence-electron chi connectivity index (χ0n) is 22.8. The molecule has 0 fully saturated rings. The van der Waals surface area contributed by atoms with Gasteiger partial charge in [-0.2, -0.15) is 0 Å². The van der Waals surface area contributed by atoms with Gasteiger partial charge in [-0.25, -0.2) is 35.9 Å². The van der Waals surface area contributed by atoms with E-state index in [1.807, 2.05) is 23.3 Å². The molecular formula is C29H26Cl2N4O6S2. The van der Waals surface area contributed by atoms with Crippen LogP contribution in [0.3, 0.4) is 0 Å². The highest BCUT2D eigenvalue weighted by Crippen LogP contribution is 2.27. The van der Waals surface area contributed by atoms with Crippen molar-refractivity contribution in [3.05, 3.63) is 117 Å². The maximum absolute atomic E-state index is 12.5. The molecule has 0 saturated heterocycles. The average Bonchev–Trinajstić information content (AvgIpc) is 2.92. The van der Waals surface area contributed by atoms with Crippen LogP contribution in [-0.4, -0.2) is 28.9 Å². The Morgan fingerprint density at radius 3 is 1.26 bits per heavy atom. The molecule has 4 amide bonds. The molecule has 0 unspecified atom stereocenters. The zero-order chi connectivity index (χ0) is 31.4. The minimum Gasteiger partial charge on any atom is -0.306 e. The quantitative estimate of drug-likeness (QED) is 0.176. The van der Waals surface area contributed by atoms with Gasteiger partial charge in [0.25, 0.3) is 20.0 Å². The first kappa shape index (κ1) is 31.8. The third kappa shape index (κ3) is 8.48. The molecule has 0 aliphatic carbocycles. The van der Waals surface area contributed by atoms with Gasteiger partial charge < -0.3 is 10.6 Å². The SMILES string of the molecule is Cc1ccc(S(=O)(=O)NC(=O)Nc2ccc(Cc3ccc(NC(=O)NS(=O)(=O)c4ccc(C)cc4)c(Cl)c3)cc2Cl)cc1. The van der Waals surface area contributed by atoms with Crippen molar-refractivity contribution in [2.24, 2.45) is 0 Å². The summed E-state index contributed by atoms with van der Waals surface area (Å²) in [5, 5.41) is 5.22. The fourth-order valence-corrected chi connectivity index (χ4v) is 6.18. The summed E-state index contributed by atoms with van der Waals surface area (Å²) in [7, 11) is -8.15. The number of anilines is 2. The number of carbonyl (C=O) groups is 2. The number of aryl methyl sites for hydroxylation is 2. The van der Waals surface area contributed by atoms with Crippen LogP contribution in [0, 0.1) is 13.8 Å². The van der Waals surface area contributed by atoms with Gasteiger partial charge in [-0.15, -0.1) is 0 Å². The van der Waals surface area contributed by atoms with Gasteiger partial charge in [0.15, 0.2) is 0 Å². The number of urea groups is 2. The van der Waals surface area contributed by atoms with Crippen molar-refractivity contribution in [2.45, 2.75) is 30.1 Å². The van der Waals surface area contributed by atoms with Gasteiger partial charge in [0, 0.05) is 0 Å². The summed E-state index contributed by atoms with van der Waals surface area (Å²) in [4.78, 5) is 24.6. The molecule has 0 spiro atoms. The highest BCUT2D eigenvalue weighted by Gasteiger charge is 2.19. The van der Waals surface area contributed by atoms with E-state index in [-0.39, 0.29) is 31.2 Å². The smallest absolute Gasteiger partial charge is 0.306 e.